The Balaban J connectivity index is 1.81. The number of nitrogens with one attached hydrogen (secondary N) is 1. The third kappa shape index (κ3) is 3.04. The quantitative estimate of drug-likeness (QED) is 0.943. The molecule has 0 aromatic heterocycles. The van der Waals surface area contributed by atoms with Gasteiger partial charge in [0, 0.05) is 11.3 Å². The predicted octanol–water partition coefficient (Wildman–Crippen LogP) is 3.22. The molecule has 3 nitrogen and oxygen atoms in total. The van der Waals surface area contributed by atoms with Crippen molar-refractivity contribution in [2.45, 2.75) is 5.92 Å². The molecule has 1 N–H and O–H groups in total. The second kappa shape index (κ2) is 6.22. The SMILES string of the molecule is O=C(NC1=CC(c2ccccc2)C(=O)C=C1)c1ccccc1. The van der Waals surface area contributed by atoms with Crippen LogP contribution in [0.15, 0.2) is 84.6 Å². The van der Waals surface area contributed by atoms with E-state index in [0.717, 1.165) is 5.56 Å². The van der Waals surface area contributed by atoms with E-state index in [0.29, 0.717) is 11.3 Å². The van der Waals surface area contributed by atoms with Crippen molar-refractivity contribution >= 4 is 11.7 Å². The Morgan fingerprint density at radius 2 is 1.50 bits per heavy atom. The van der Waals surface area contributed by atoms with Gasteiger partial charge in [-0.2, -0.15) is 0 Å². The number of amides is 1. The molecule has 108 valence electrons. The summed E-state index contributed by atoms with van der Waals surface area (Å²) in [5.74, 6) is -0.515. The Morgan fingerprint density at radius 1 is 0.864 bits per heavy atom. The van der Waals surface area contributed by atoms with Crippen LogP contribution in [0.1, 0.15) is 21.8 Å². The fourth-order valence-corrected chi connectivity index (χ4v) is 2.39. The van der Waals surface area contributed by atoms with Gasteiger partial charge in [0.2, 0.25) is 0 Å². The van der Waals surface area contributed by atoms with Gasteiger partial charge in [0.15, 0.2) is 5.78 Å². The first-order chi connectivity index (χ1) is 10.7. The van der Waals surface area contributed by atoms with E-state index in [2.05, 4.69) is 5.32 Å². The second-order valence-electron chi connectivity index (χ2n) is 5.07. The fourth-order valence-electron chi connectivity index (χ4n) is 2.39. The number of benzene rings is 2. The first-order valence-electron chi connectivity index (χ1n) is 7.09. The maximum atomic E-state index is 12.2. The van der Waals surface area contributed by atoms with Gasteiger partial charge in [-0.1, -0.05) is 48.5 Å². The molecule has 0 radical (unpaired) electrons. The monoisotopic (exact) mass is 289 g/mol. The number of carbonyl (C=O) groups excluding carboxylic acids is 2. The highest BCUT2D eigenvalue weighted by molar-refractivity contribution is 6.00. The zero-order valence-electron chi connectivity index (χ0n) is 11.9. The molecule has 0 saturated heterocycles. The van der Waals surface area contributed by atoms with Crippen LogP contribution in [0.3, 0.4) is 0 Å². The molecule has 0 bridgehead atoms. The number of hydrogen-bond acceptors (Lipinski definition) is 2. The van der Waals surface area contributed by atoms with Crippen LogP contribution >= 0.6 is 0 Å². The maximum absolute atomic E-state index is 12.2. The van der Waals surface area contributed by atoms with Gasteiger partial charge in [-0.25, -0.2) is 0 Å². The second-order valence-corrected chi connectivity index (χ2v) is 5.07. The molecular weight excluding hydrogens is 274 g/mol. The molecule has 0 heterocycles. The van der Waals surface area contributed by atoms with Crippen LogP contribution in [-0.2, 0) is 4.79 Å². The predicted molar refractivity (Wildman–Crippen MR) is 85.3 cm³/mol. The van der Waals surface area contributed by atoms with Crippen molar-refractivity contribution in [1.29, 1.82) is 0 Å². The average molecular weight is 289 g/mol. The van der Waals surface area contributed by atoms with E-state index in [-0.39, 0.29) is 17.6 Å². The van der Waals surface area contributed by atoms with Gasteiger partial charge in [-0.3, -0.25) is 9.59 Å². The van der Waals surface area contributed by atoms with Crippen LogP contribution in [0.25, 0.3) is 0 Å². The molecule has 0 aliphatic heterocycles. The highest BCUT2D eigenvalue weighted by Crippen LogP contribution is 2.23. The molecule has 2 aromatic rings. The Bertz CT molecular complexity index is 746. The van der Waals surface area contributed by atoms with Gasteiger partial charge in [0.25, 0.3) is 5.91 Å². The molecule has 3 rings (SSSR count). The lowest BCUT2D eigenvalue weighted by Crippen LogP contribution is -2.25. The van der Waals surface area contributed by atoms with Crippen molar-refractivity contribution in [3.05, 3.63) is 95.7 Å². The van der Waals surface area contributed by atoms with Crippen molar-refractivity contribution in [2.24, 2.45) is 0 Å². The summed E-state index contributed by atoms with van der Waals surface area (Å²) in [6.45, 7) is 0. The summed E-state index contributed by atoms with van der Waals surface area (Å²) in [5.41, 5.74) is 2.15. The minimum atomic E-state index is -0.350. The van der Waals surface area contributed by atoms with Crippen LogP contribution in [0, 0.1) is 0 Å². The molecular formula is C19H15NO2. The van der Waals surface area contributed by atoms with E-state index in [1.165, 1.54) is 6.08 Å². The van der Waals surface area contributed by atoms with E-state index >= 15 is 0 Å². The van der Waals surface area contributed by atoms with E-state index in [1.54, 1.807) is 24.3 Å². The van der Waals surface area contributed by atoms with Crippen LogP contribution in [0.4, 0.5) is 0 Å². The molecule has 1 aliphatic carbocycles. The summed E-state index contributed by atoms with van der Waals surface area (Å²) in [4.78, 5) is 24.2. The third-order valence-electron chi connectivity index (χ3n) is 3.53. The van der Waals surface area contributed by atoms with Crippen molar-refractivity contribution in [3.8, 4) is 0 Å². The normalized spacial score (nSPS) is 17.0. The van der Waals surface area contributed by atoms with Crippen LogP contribution in [0.2, 0.25) is 0 Å². The lowest BCUT2D eigenvalue weighted by Gasteiger charge is -2.16. The summed E-state index contributed by atoms with van der Waals surface area (Å²) in [5, 5.41) is 2.84. The number of carbonyl (C=O) groups is 2. The molecule has 0 saturated carbocycles. The minimum Gasteiger partial charge on any atom is -0.322 e. The molecule has 0 fully saturated rings. The number of hydrogen-bond donors (Lipinski definition) is 1. The summed E-state index contributed by atoms with van der Waals surface area (Å²) < 4.78 is 0. The lowest BCUT2D eigenvalue weighted by atomic mass is 9.90. The molecule has 1 aliphatic rings. The highest BCUT2D eigenvalue weighted by atomic mass is 16.1. The summed E-state index contributed by atoms with van der Waals surface area (Å²) in [7, 11) is 0. The largest absolute Gasteiger partial charge is 0.322 e. The highest BCUT2D eigenvalue weighted by Gasteiger charge is 2.20. The summed E-state index contributed by atoms with van der Waals surface area (Å²) >= 11 is 0. The van der Waals surface area contributed by atoms with Gasteiger partial charge in [-0.15, -0.1) is 0 Å². The van der Waals surface area contributed by atoms with Gasteiger partial charge >= 0.3 is 0 Å². The van der Waals surface area contributed by atoms with E-state index in [4.69, 9.17) is 0 Å². The standard InChI is InChI=1S/C19H15NO2/c21-18-12-11-16(13-17(18)14-7-3-1-4-8-14)20-19(22)15-9-5-2-6-10-15/h1-13,17H,(H,20,22). The molecule has 22 heavy (non-hydrogen) atoms. The zero-order valence-corrected chi connectivity index (χ0v) is 11.9. The van der Waals surface area contributed by atoms with Crippen molar-refractivity contribution in [3.63, 3.8) is 0 Å². The van der Waals surface area contributed by atoms with Crippen LogP contribution in [0.5, 0.6) is 0 Å². The number of ketones is 1. The average Bonchev–Trinajstić information content (AvgIpc) is 2.58. The smallest absolute Gasteiger partial charge is 0.255 e. The summed E-state index contributed by atoms with van der Waals surface area (Å²) in [6, 6.07) is 18.5. The van der Waals surface area contributed by atoms with Gasteiger partial charge in [0.1, 0.15) is 0 Å². The number of rotatable bonds is 3. The molecule has 1 amide bonds. The topological polar surface area (TPSA) is 46.2 Å². The Hall–Kier alpha value is -2.94. The van der Waals surface area contributed by atoms with Crippen LogP contribution in [-0.4, -0.2) is 11.7 Å². The third-order valence-corrected chi connectivity index (χ3v) is 3.53. The first-order valence-corrected chi connectivity index (χ1v) is 7.09. The molecule has 0 spiro atoms. The first kappa shape index (κ1) is 14.0. The minimum absolute atomic E-state index is 0.0175. The molecule has 1 unspecified atom stereocenters. The van der Waals surface area contributed by atoms with Gasteiger partial charge in [0.05, 0.1) is 5.92 Å². The van der Waals surface area contributed by atoms with Gasteiger partial charge in [-0.05, 0) is 35.9 Å². The van der Waals surface area contributed by atoms with Crippen molar-refractivity contribution in [1.82, 2.24) is 5.32 Å². The Labute approximate surface area is 129 Å². The molecule has 1 atom stereocenters. The molecule has 3 heteroatoms. The maximum Gasteiger partial charge on any atom is 0.255 e. The van der Waals surface area contributed by atoms with Crippen molar-refractivity contribution in [2.75, 3.05) is 0 Å². The zero-order chi connectivity index (χ0) is 15.4. The Kier molecular flexibility index (Phi) is 3.97. The fraction of sp³-hybridized carbons (Fsp3) is 0.0526. The van der Waals surface area contributed by atoms with Crippen LogP contribution < -0.4 is 5.32 Å². The summed E-state index contributed by atoms with van der Waals surface area (Å²) in [6.07, 6.45) is 4.94. The number of allylic oxidation sites excluding steroid dienone is 3. The van der Waals surface area contributed by atoms with E-state index in [9.17, 15) is 9.59 Å². The Morgan fingerprint density at radius 3 is 2.18 bits per heavy atom. The lowest BCUT2D eigenvalue weighted by molar-refractivity contribution is -0.115. The molecule has 2 aromatic carbocycles. The van der Waals surface area contributed by atoms with Crippen molar-refractivity contribution < 1.29 is 9.59 Å². The van der Waals surface area contributed by atoms with Gasteiger partial charge < -0.3 is 5.32 Å². The van der Waals surface area contributed by atoms with E-state index in [1.807, 2.05) is 48.5 Å². The van der Waals surface area contributed by atoms with E-state index < -0.39 is 0 Å².